The van der Waals surface area contributed by atoms with Crippen molar-refractivity contribution in [1.29, 1.82) is 0 Å². The third kappa shape index (κ3) is 6.03. The normalized spacial score (nSPS) is 17.2. The SMILES string of the molecule is CCCN(CCC)C(=O)[C@H](Cc1ccccc1)N1CC2=C(C1=O)[C@H](c1cccc(Oc3ccccc3)c1)NC(=O)N2C. The van der Waals surface area contributed by atoms with E-state index in [0.29, 0.717) is 42.3 Å². The van der Waals surface area contributed by atoms with E-state index in [9.17, 15) is 14.4 Å². The van der Waals surface area contributed by atoms with Crippen LogP contribution in [0.3, 0.4) is 0 Å². The van der Waals surface area contributed by atoms with Gasteiger partial charge in [-0.05, 0) is 48.2 Å². The van der Waals surface area contributed by atoms with Crippen molar-refractivity contribution >= 4 is 17.8 Å². The number of carbonyl (C=O) groups excluding carboxylic acids is 3. The summed E-state index contributed by atoms with van der Waals surface area (Å²) in [7, 11) is 1.67. The van der Waals surface area contributed by atoms with Gasteiger partial charge in [-0.15, -0.1) is 0 Å². The van der Waals surface area contributed by atoms with Crippen LogP contribution in [0.15, 0.2) is 96.2 Å². The maximum Gasteiger partial charge on any atom is 0.322 e. The smallest absolute Gasteiger partial charge is 0.322 e. The van der Waals surface area contributed by atoms with Crippen LogP contribution in [0.1, 0.15) is 43.9 Å². The minimum absolute atomic E-state index is 0.0625. The van der Waals surface area contributed by atoms with E-state index in [1.807, 2.05) is 89.8 Å². The standard InChI is InChI=1S/C34H38N4O4/c1-4-19-37(20-5-2)32(39)28(21-24-13-8-6-9-14-24)38-23-29-30(33(38)40)31(35-34(41)36(29)3)25-15-12-18-27(22-25)42-26-16-10-7-11-17-26/h6-18,22,28,31H,4-5,19-21,23H2,1-3H3,(H,35,41)/t28-,31-/m0/s1. The zero-order valence-corrected chi connectivity index (χ0v) is 24.5. The van der Waals surface area contributed by atoms with Crippen LogP contribution in [0, 0.1) is 0 Å². The first-order valence-corrected chi connectivity index (χ1v) is 14.6. The summed E-state index contributed by atoms with van der Waals surface area (Å²) in [6.45, 7) is 5.55. The second-order valence-electron chi connectivity index (χ2n) is 10.8. The van der Waals surface area contributed by atoms with Crippen molar-refractivity contribution in [2.75, 3.05) is 26.7 Å². The number of para-hydroxylation sites is 1. The lowest BCUT2D eigenvalue weighted by molar-refractivity contribution is -0.143. The number of hydrogen-bond donors (Lipinski definition) is 1. The molecule has 8 nitrogen and oxygen atoms in total. The van der Waals surface area contributed by atoms with E-state index in [1.165, 1.54) is 4.90 Å². The lowest BCUT2D eigenvalue weighted by Gasteiger charge is -2.33. The fourth-order valence-corrected chi connectivity index (χ4v) is 5.72. The van der Waals surface area contributed by atoms with E-state index in [0.717, 1.165) is 24.0 Å². The van der Waals surface area contributed by atoms with Crippen LogP contribution in [0.2, 0.25) is 0 Å². The van der Waals surface area contributed by atoms with Crippen LogP contribution in [-0.4, -0.2) is 65.3 Å². The molecule has 3 aromatic carbocycles. The number of rotatable bonds is 11. The molecule has 2 heterocycles. The Hall–Kier alpha value is -4.59. The molecular formula is C34H38N4O4. The fourth-order valence-electron chi connectivity index (χ4n) is 5.72. The van der Waals surface area contributed by atoms with E-state index >= 15 is 0 Å². The van der Waals surface area contributed by atoms with Gasteiger partial charge < -0.3 is 19.9 Å². The number of amides is 4. The topological polar surface area (TPSA) is 82.2 Å². The molecule has 5 rings (SSSR count). The first-order valence-electron chi connectivity index (χ1n) is 14.6. The van der Waals surface area contributed by atoms with Crippen molar-refractivity contribution in [1.82, 2.24) is 20.0 Å². The molecule has 2 aliphatic rings. The number of benzene rings is 3. The molecular weight excluding hydrogens is 528 g/mol. The highest BCUT2D eigenvalue weighted by atomic mass is 16.5. The maximum atomic E-state index is 14.3. The van der Waals surface area contributed by atoms with Gasteiger partial charge in [-0.1, -0.05) is 74.5 Å². The molecule has 2 aliphatic heterocycles. The zero-order chi connectivity index (χ0) is 29.6. The van der Waals surface area contributed by atoms with Crippen LogP contribution in [0.25, 0.3) is 0 Å². The Bertz CT molecular complexity index is 1450. The van der Waals surface area contributed by atoms with Crippen LogP contribution < -0.4 is 10.1 Å². The number of nitrogens with one attached hydrogen (secondary N) is 1. The van der Waals surface area contributed by atoms with E-state index < -0.39 is 12.1 Å². The number of urea groups is 1. The molecule has 218 valence electrons. The molecule has 0 unspecified atom stereocenters. The highest BCUT2D eigenvalue weighted by Gasteiger charge is 2.46. The van der Waals surface area contributed by atoms with Crippen molar-refractivity contribution in [3.63, 3.8) is 0 Å². The largest absolute Gasteiger partial charge is 0.457 e. The van der Waals surface area contributed by atoms with Crippen molar-refractivity contribution in [2.45, 2.75) is 45.2 Å². The molecule has 0 fully saturated rings. The van der Waals surface area contributed by atoms with Crippen LogP contribution in [0.5, 0.6) is 11.5 Å². The Balaban J connectivity index is 1.48. The summed E-state index contributed by atoms with van der Waals surface area (Å²) in [4.78, 5) is 46.5. The average Bonchev–Trinajstić information content (AvgIpc) is 3.35. The number of hydrogen-bond acceptors (Lipinski definition) is 4. The quantitative estimate of drug-likeness (QED) is 0.331. The second-order valence-corrected chi connectivity index (χ2v) is 10.8. The van der Waals surface area contributed by atoms with Gasteiger partial charge in [0, 0.05) is 26.6 Å². The van der Waals surface area contributed by atoms with Crippen molar-refractivity contribution in [3.05, 3.63) is 107 Å². The Kier molecular flexibility index (Phi) is 8.91. The molecule has 2 atom stereocenters. The summed E-state index contributed by atoms with van der Waals surface area (Å²) in [6, 6.07) is 25.0. The van der Waals surface area contributed by atoms with Gasteiger partial charge in [-0.25, -0.2) is 4.79 Å². The number of ether oxygens (including phenoxy) is 1. The molecule has 1 N–H and O–H groups in total. The van der Waals surface area contributed by atoms with Crippen LogP contribution >= 0.6 is 0 Å². The van der Waals surface area contributed by atoms with E-state index in [2.05, 4.69) is 19.2 Å². The zero-order valence-electron chi connectivity index (χ0n) is 24.5. The molecule has 0 aromatic heterocycles. The van der Waals surface area contributed by atoms with Crippen LogP contribution in [-0.2, 0) is 16.0 Å². The van der Waals surface area contributed by atoms with Gasteiger partial charge in [0.25, 0.3) is 5.91 Å². The summed E-state index contributed by atoms with van der Waals surface area (Å²) < 4.78 is 6.04. The fraction of sp³-hybridized carbons (Fsp3) is 0.324. The third-order valence-electron chi connectivity index (χ3n) is 7.79. The highest BCUT2D eigenvalue weighted by Crippen LogP contribution is 2.38. The molecule has 4 amide bonds. The Morgan fingerprint density at radius 1 is 0.929 bits per heavy atom. The van der Waals surface area contributed by atoms with Gasteiger partial charge >= 0.3 is 6.03 Å². The predicted molar refractivity (Wildman–Crippen MR) is 162 cm³/mol. The summed E-state index contributed by atoms with van der Waals surface area (Å²) in [5.41, 5.74) is 2.81. The molecule has 0 bridgehead atoms. The Labute approximate surface area is 247 Å². The summed E-state index contributed by atoms with van der Waals surface area (Å²) in [6.07, 6.45) is 2.06. The molecule has 0 aliphatic carbocycles. The van der Waals surface area contributed by atoms with Crippen molar-refractivity contribution in [3.8, 4) is 11.5 Å². The molecule has 42 heavy (non-hydrogen) atoms. The first-order chi connectivity index (χ1) is 20.4. The van der Waals surface area contributed by atoms with E-state index in [-0.39, 0.29) is 24.4 Å². The molecule has 8 heteroatoms. The van der Waals surface area contributed by atoms with Gasteiger partial charge in [-0.3, -0.25) is 14.5 Å². The maximum absolute atomic E-state index is 14.3. The number of carbonyl (C=O) groups is 3. The third-order valence-corrected chi connectivity index (χ3v) is 7.79. The molecule has 0 spiro atoms. The average molecular weight is 567 g/mol. The summed E-state index contributed by atoms with van der Waals surface area (Å²) in [5, 5.41) is 3.01. The van der Waals surface area contributed by atoms with Gasteiger partial charge in [0.15, 0.2) is 0 Å². The lowest BCUT2D eigenvalue weighted by atomic mass is 9.95. The van der Waals surface area contributed by atoms with Gasteiger partial charge in [0.1, 0.15) is 17.5 Å². The molecule has 0 radical (unpaired) electrons. The monoisotopic (exact) mass is 566 g/mol. The molecule has 0 saturated heterocycles. The van der Waals surface area contributed by atoms with Crippen molar-refractivity contribution < 1.29 is 19.1 Å². The highest BCUT2D eigenvalue weighted by molar-refractivity contribution is 6.03. The van der Waals surface area contributed by atoms with Gasteiger partial charge in [0.2, 0.25) is 5.91 Å². The van der Waals surface area contributed by atoms with Gasteiger partial charge in [-0.2, -0.15) is 0 Å². The predicted octanol–water partition coefficient (Wildman–Crippen LogP) is 5.53. The minimum Gasteiger partial charge on any atom is -0.457 e. The number of nitrogens with zero attached hydrogens (tertiary/aromatic N) is 3. The van der Waals surface area contributed by atoms with E-state index in [4.69, 9.17) is 4.74 Å². The van der Waals surface area contributed by atoms with Crippen molar-refractivity contribution in [2.24, 2.45) is 0 Å². The van der Waals surface area contributed by atoms with Gasteiger partial charge in [0.05, 0.1) is 23.9 Å². The second kappa shape index (κ2) is 12.9. The molecule has 3 aromatic rings. The number of likely N-dealkylation sites (N-methyl/N-ethyl adjacent to an activating group) is 1. The Morgan fingerprint density at radius 2 is 1.57 bits per heavy atom. The molecule has 0 saturated carbocycles. The summed E-state index contributed by atoms with van der Waals surface area (Å²) in [5.74, 6) is 0.991. The van der Waals surface area contributed by atoms with E-state index in [1.54, 1.807) is 11.9 Å². The summed E-state index contributed by atoms with van der Waals surface area (Å²) >= 11 is 0. The Morgan fingerprint density at radius 3 is 2.24 bits per heavy atom. The van der Waals surface area contributed by atoms with Crippen LogP contribution in [0.4, 0.5) is 4.79 Å². The minimum atomic E-state index is -0.694. The first kappa shape index (κ1) is 28.9. The lowest BCUT2D eigenvalue weighted by Crippen LogP contribution is -2.51.